The summed E-state index contributed by atoms with van der Waals surface area (Å²) in [6.45, 7) is 0. The van der Waals surface area contributed by atoms with Crippen molar-refractivity contribution >= 4 is 38.9 Å². The number of nitrogens with zero attached hydrogens (tertiary/aromatic N) is 1. The molecule has 0 aliphatic carbocycles. The number of hydrogen-bond acceptors (Lipinski definition) is 3. The summed E-state index contributed by atoms with van der Waals surface area (Å²) < 4.78 is 13.3. The van der Waals surface area contributed by atoms with Gasteiger partial charge in [-0.2, -0.15) is 0 Å². The molecule has 5 heteroatoms. The van der Waals surface area contributed by atoms with Crippen LogP contribution < -0.4 is 0 Å². The van der Waals surface area contributed by atoms with Gasteiger partial charge in [0.15, 0.2) is 0 Å². The van der Waals surface area contributed by atoms with E-state index in [1.165, 1.54) is 23.5 Å². The van der Waals surface area contributed by atoms with E-state index in [2.05, 4.69) is 4.98 Å². The van der Waals surface area contributed by atoms with Crippen LogP contribution in [0.15, 0.2) is 66.9 Å². The highest BCUT2D eigenvalue weighted by molar-refractivity contribution is 7.21. The Balaban J connectivity index is 1.94. The number of rotatable bonds is 3. The van der Waals surface area contributed by atoms with Crippen LogP contribution in [0.2, 0.25) is 5.02 Å². The van der Waals surface area contributed by atoms with Crippen LogP contribution in [-0.4, -0.2) is 10.8 Å². The molecule has 0 aliphatic rings. The maximum atomic E-state index is 13.3. The Morgan fingerprint density at radius 1 is 1.00 bits per heavy atom. The largest absolute Gasteiger partial charge is 0.288 e. The zero-order chi connectivity index (χ0) is 17.4. The van der Waals surface area contributed by atoms with Gasteiger partial charge in [0.25, 0.3) is 0 Å². The van der Waals surface area contributed by atoms with E-state index in [-0.39, 0.29) is 11.6 Å². The summed E-state index contributed by atoms with van der Waals surface area (Å²) in [4.78, 5) is 18.8. The van der Waals surface area contributed by atoms with Crippen LogP contribution in [0.1, 0.15) is 15.2 Å². The van der Waals surface area contributed by atoms with E-state index in [0.29, 0.717) is 15.5 Å². The minimum atomic E-state index is -0.313. The van der Waals surface area contributed by atoms with Gasteiger partial charge in [0.2, 0.25) is 5.78 Å². The van der Waals surface area contributed by atoms with E-state index in [0.717, 1.165) is 21.3 Å². The highest BCUT2D eigenvalue weighted by Gasteiger charge is 2.21. The Morgan fingerprint density at radius 2 is 1.72 bits per heavy atom. The number of hydrogen-bond donors (Lipinski definition) is 0. The topological polar surface area (TPSA) is 30.0 Å². The van der Waals surface area contributed by atoms with Gasteiger partial charge in [-0.15, -0.1) is 11.3 Å². The fourth-order valence-electron chi connectivity index (χ4n) is 2.73. The first-order valence-corrected chi connectivity index (χ1v) is 8.76. The SMILES string of the molecule is O=C(c1ccc(Cl)cc1)c1sc2ncccc2c1-c1ccc(F)cc1. The molecule has 2 aromatic carbocycles. The molecule has 2 heterocycles. The first-order chi connectivity index (χ1) is 12.1. The van der Waals surface area contributed by atoms with Gasteiger partial charge < -0.3 is 0 Å². The van der Waals surface area contributed by atoms with Crippen LogP contribution in [0.5, 0.6) is 0 Å². The van der Waals surface area contributed by atoms with Gasteiger partial charge in [-0.05, 0) is 54.1 Å². The molecule has 0 N–H and O–H groups in total. The lowest BCUT2D eigenvalue weighted by Crippen LogP contribution is -2.00. The Hall–Kier alpha value is -2.56. The van der Waals surface area contributed by atoms with Crippen molar-refractivity contribution in [3.8, 4) is 11.1 Å². The molecule has 0 bridgehead atoms. The summed E-state index contributed by atoms with van der Waals surface area (Å²) in [7, 11) is 0. The molecule has 2 aromatic heterocycles. The Morgan fingerprint density at radius 3 is 2.44 bits per heavy atom. The van der Waals surface area contributed by atoms with Crippen molar-refractivity contribution in [1.29, 1.82) is 0 Å². The average Bonchev–Trinajstić information content (AvgIpc) is 3.02. The van der Waals surface area contributed by atoms with Crippen LogP contribution >= 0.6 is 22.9 Å². The molecule has 0 unspecified atom stereocenters. The molecule has 25 heavy (non-hydrogen) atoms. The third kappa shape index (κ3) is 2.95. The minimum Gasteiger partial charge on any atom is -0.288 e. The fraction of sp³-hybridized carbons (Fsp3) is 0. The van der Waals surface area contributed by atoms with Gasteiger partial charge in [-0.3, -0.25) is 4.79 Å². The smallest absolute Gasteiger partial charge is 0.203 e. The van der Waals surface area contributed by atoms with Gasteiger partial charge in [0, 0.05) is 27.7 Å². The third-order valence-electron chi connectivity index (χ3n) is 3.91. The number of halogens is 2. The molecule has 2 nitrogen and oxygen atoms in total. The van der Waals surface area contributed by atoms with E-state index < -0.39 is 0 Å². The number of ketones is 1. The Bertz CT molecular complexity index is 1070. The van der Waals surface area contributed by atoms with Crippen molar-refractivity contribution < 1.29 is 9.18 Å². The van der Waals surface area contributed by atoms with Crippen LogP contribution in [-0.2, 0) is 0 Å². The number of thiophene rings is 1. The van der Waals surface area contributed by atoms with Gasteiger partial charge in [0.1, 0.15) is 10.6 Å². The van der Waals surface area contributed by atoms with E-state index >= 15 is 0 Å². The number of pyridine rings is 1. The Labute approximate surface area is 152 Å². The molecular formula is C20H11ClFNOS. The number of aromatic nitrogens is 1. The predicted molar refractivity (Wildman–Crippen MR) is 99.9 cm³/mol. The maximum absolute atomic E-state index is 13.3. The fourth-order valence-corrected chi connectivity index (χ4v) is 3.98. The van der Waals surface area contributed by atoms with Crippen molar-refractivity contribution in [2.75, 3.05) is 0 Å². The van der Waals surface area contributed by atoms with Gasteiger partial charge in [0.05, 0.1) is 4.88 Å². The molecule has 0 amide bonds. The summed E-state index contributed by atoms with van der Waals surface area (Å²) in [5.41, 5.74) is 2.13. The zero-order valence-corrected chi connectivity index (χ0v) is 14.4. The van der Waals surface area contributed by atoms with Crippen molar-refractivity contribution in [3.63, 3.8) is 0 Å². The summed E-state index contributed by atoms with van der Waals surface area (Å²) >= 11 is 7.26. The highest BCUT2D eigenvalue weighted by atomic mass is 35.5. The quantitative estimate of drug-likeness (QED) is 0.416. The first kappa shape index (κ1) is 15.9. The lowest BCUT2D eigenvalue weighted by Gasteiger charge is -2.05. The van der Waals surface area contributed by atoms with E-state index in [9.17, 15) is 9.18 Å². The molecule has 0 atom stereocenters. The molecule has 4 rings (SSSR count). The van der Waals surface area contributed by atoms with Crippen molar-refractivity contribution in [1.82, 2.24) is 4.98 Å². The average molecular weight is 368 g/mol. The van der Waals surface area contributed by atoms with Crippen LogP contribution in [0.4, 0.5) is 4.39 Å². The monoisotopic (exact) mass is 367 g/mol. The first-order valence-electron chi connectivity index (χ1n) is 7.57. The molecule has 0 saturated carbocycles. The van der Waals surface area contributed by atoms with Crippen LogP contribution in [0, 0.1) is 5.82 Å². The molecule has 0 saturated heterocycles. The highest BCUT2D eigenvalue weighted by Crippen LogP contribution is 2.39. The number of carbonyl (C=O) groups excluding carboxylic acids is 1. The van der Waals surface area contributed by atoms with E-state index in [1.54, 1.807) is 42.6 Å². The standard InChI is InChI=1S/C20H11ClFNOS/c21-14-7-3-13(4-8-14)18(24)19-17(12-5-9-15(22)10-6-12)16-2-1-11-23-20(16)25-19/h1-11H. The summed E-state index contributed by atoms with van der Waals surface area (Å²) in [6, 6.07) is 16.7. The molecule has 4 aromatic rings. The number of fused-ring (bicyclic) bond motifs is 1. The second-order valence-corrected chi connectivity index (χ2v) is 6.94. The van der Waals surface area contributed by atoms with Crippen LogP contribution in [0.25, 0.3) is 21.3 Å². The molecule has 0 fully saturated rings. The van der Waals surface area contributed by atoms with Gasteiger partial charge in [-0.1, -0.05) is 23.7 Å². The number of carbonyl (C=O) groups is 1. The second-order valence-electron chi connectivity index (χ2n) is 5.51. The lowest BCUT2D eigenvalue weighted by atomic mass is 9.99. The normalized spacial score (nSPS) is 11.0. The van der Waals surface area contributed by atoms with E-state index in [4.69, 9.17) is 11.6 Å². The van der Waals surface area contributed by atoms with E-state index in [1.807, 2.05) is 12.1 Å². The molecular weight excluding hydrogens is 357 g/mol. The van der Waals surface area contributed by atoms with Crippen molar-refractivity contribution in [2.45, 2.75) is 0 Å². The molecule has 0 aliphatic heterocycles. The van der Waals surface area contributed by atoms with Crippen molar-refractivity contribution in [3.05, 3.63) is 88.1 Å². The minimum absolute atomic E-state index is 0.0982. The van der Waals surface area contributed by atoms with Gasteiger partial charge in [-0.25, -0.2) is 9.37 Å². The second kappa shape index (κ2) is 6.39. The summed E-state index contributed by atoms with van der Waals surface area (Å²) in [5.74, 6) is -0.411. The summed E-state index contributed by atoms with van der Waals surface area (Å²) in [5, 5.41) is 1.46. The molecule has 0 spiro atoms. The third-order valence-corrected chi connectivity index (χ3v) is 5.28. The molecule has 122 valence electrons. The maximum Gasteiger partial charge on any atom is 0.203 e. The zero-order valence-electron chi connectivity index (χ0n) is 12.9. The number of benzene rings is 2. The lowest BCUT2D eigenvalue weighted by molar-refractivity contribution is 0.104. The van der Waals surface area contributed by atoms with Crippen LogP contribution in [0.3, 0.4) is 0 Å². The molecule has 0 radical (unpaired) electrons. The van der Waals surface area contributed by atoms with Crippen molar-refractivity contribution in [2.24, 2.45) is 0 Å². The Kier molecular flexibility index (Phi) is 4.07. The summed E-state index contributed by atoms with van der Waals surface area (Å²) in [6.07, 6.45) is 1.70. The predicted octanol–water partition coefficient (Wildman–Crippen LogP) is 5.99. The van der Waals surface area contributed by atoms with Gasteiger partial charge >= 0.3 is 0 Å².